The van der Waals surface area contributed by atoms with Gasteiger partial charge < -0.3 is 30.5 Å². The molecule has 11 heteroatoms. The molecule has 2 rings (SSSR count). The fourth-order valence-corrected chi connectivity index (χ4v) is 3.06. The number of hydrogen-bond acceptors (Lipinski definition) is 5. The number of aliphatic imine (C=N–C) groups is 1. The van der Waals surface area contributed by atoms with Crippen LogP contribution < -0.4 is 15.8 Å². The quantitative estimate of drug-likeness (QED) is 0.269. The number of piperidine rings is 1. The van der Waals surface area contributed by atoms with Crippen LogP contribution in [0.2, 0.25) is 10.0 Å². The summed E-state index contributed by atoms with van der Waals surface area (Å²) in [6.07, 6.45) is 0.355. The number of aliphatic hydroxyl groups excluding tert-OH is 1. The average Bonchev–Trinajstić information content (AvgIpc) is 2.68. The molecule has 1 atom stereocenters. The number of aliphatic hydroxyl groups is 1. The molecule has 0 bridgehead atoms. The van der Waals surface area contributed by atoms with E-state index >= 15 is 0 Å². The number of hydrogen-bond donors (Lipinski definition) is 3. The van der Waals surface area contributed by atoms with Crippen molar-refractivity contribution in [3.63, 3.8) is 0 Å². The van der Waals surface area contributed by atoms with Crippen molar-refractivity contribution >= 4 is 59.2 Å². The summed E-state index contributed by atoms with van der Waals surface area (Å²) in [5, 5.41) is 13.8. The summed E-state index contributed by atoms with van der Waals surface area (Å²) in [5.74, 6) is 0.645. The summed E-state index contributed by atoms with van der Waals surface area (Å²) in [5.41, 5.74) is 5.89. The summed E-state index contributed by atoms with van der Waals surface area (Å²) in [4.78, 5) is 17.5. The predicted molar refractivity (Wildman–Crippen MR) is 125 cm³/mol. The minimum Gasteiger partial charge on any atom is -0.489 e. The Morgan fingerprint density at radius 2 is 2.10 bits per heavy atom. The van der Waals surface area contributed by atoms with Gasteiger partial charge in [0, 0.05) is 19.1 Å². The van der Waals surface area contributed by atoms with Crippen molar-refractivity contribution in [2.45, 2.75) is 31.9 Å². The standard InChI is InChI=1S/C18H26Cl2N4O4.HI/c1-2-27-18(26)24-8-6-12(7-9-24)23-17(21)22-10-13(25)11-28-15-5-3-4-14(19)16(15)20;/h3-5,12-13,25H,2,6-11H2,1H3,(H3,21,22,23);1H. The van der Waals surface area contributed by atoms with Gasteiger partial charge in [0.1, 0.15) is 23.5 Å². The Balaban J connectivity index is 0.00000420. The number of nitrogens with two attached hydrogens (primary N) is 1. The number of carbonyl (C=O) groups is 1. The molecule has 1 heterocycles. The number of amides is 1. The van der Waals surface area contributed by atoms with Gasteiger partial charge >= 0.3 is 6.09 Å². The van der Waals surface area contributed by atoms with E-state index in [1.165, 1.54) is 0 Å². The van der Waals surface area contributed by atoms with E-state index in [2.05, 4.69) is 10.3 Å². The van der Waals surface area contributed by atoms with Crippen LogP contribution in [0.5, 0.6) is 5.75 Å². The van der Waals surface area contributed by atoms with Gasteiger partial charge in [-0.25, -0.2) is 4.79 Å². The van der Waals surface area contributed by atoms with E-state index in [-0.39, 0.29) is 55.2 Å². The molecule has 0 radical (unpaired) electrons. The highest BCUT2D eigenvalue weighted by Gasteiger charge is 2.23. The van der Waals surface area contributed by atoms with Gasteiger partial charge in [-0.3, -0.25) is 4.99 Å². The number of nitrogens with one attached hydrogen (secondary N) is 1. The first-order valence-electron chi connectivity index (χ1n) is 9.13. The molecule has 0 saturated carbocycles. The van der Waals surface area contributed by atoms with Crippen molar-refractivity contribution in [3.05, 3.63) is 28.2 Å². The SMILES string of the molecule is CCOC(=O)N1CCC(NC(N)=NCC(O)COc2cccc(Cl)c2Cl)CC1.I. The number of rotatable bonds is 7. The van der Waals surface area contributed by atoms with Gasteiger partial charge in [0.15, 0.2) is 5.96 Å². The number of carbonyl (C=O) groups excluding carboxylic acids is 1. The Bertz CT molecular complexity index is 688. The van der Waals surface area contributed by atoms with Gasteiger partial charge in [-0.05, 0) is 31.9 Å². The molecule has 1 aliphatic rings. The lowest BCUT2D eigenvalue weighted by atomic mass is 10.1. The van der Waals surface area contributed by atoms with E-state index in [0.29, 0.717) is 35.5 Å². The van der Waals surface area contributed by atoms with E-state index in [0.717, 1.165) is 12.8 Å². The van der Waals surface area contributed by atoms with Gasteiger partial charge in [0.05, 0.1) is 18.2 Å². The maximum Gasteiger partial charge on any atom is 0.409 e. The second-order valence-electron chi connectivity index (χ2n) is 6.35. The van der Waals surface area contributed by atoms with E-state index < -0.39 is 6.10 Å². The van der Waals surface area contributed by atoms with Crippen LogP contribution in [0, 0.1) is 0 Å². The fourth-order valence-electron chi connectivity index (χ4n) is 2.71. The lowest BCUT2D eigenvalue weighted by Gasteiger charge is -2.31. The molecule has 4 N–H and O–H groups in total. The third kappa shape index (κ3) is 8.61. The van der Waals surface area contributed by atoms with Crippen molar-refractivity contribution in [1.29, 1.82) is 0 Å². The Kier molecular flexibility index (Phi) is 11.8. The molecule has 1 aliphatic heterocycles. The maximum absolute atomic E-state index is 11.7. The molecular formula is C18H27Cl2IN4O4. The molecule has 164 valence electrons. The number of halogens is 3. The van der Waals surface area contributed by atoms with Crippen molar-refractivity contribution in [1.82, 2.24) is 10.2 Å². The third-order valence-electron chi connectivity index (χ3n) is 4.19. The minimum absolute atomic E-state index is 0. The third-order valence-corrected chi connectivity index (χ3v) is 4.99. The number of nitrogens with zero attached hydrogens (tertiary/aromatic N) is 2. The highest BCUT2D eigenvalue weighted by atomic mass is 127. The molecular weight excluding hydrogens is 534 g/mol. The maximum atomic E-state index is 11.7. The van der Waals surface area contributed by atoms with E-state index in [1.807, 2.05) is 0 Å². The van der Waals surface area contributed by atoms with Crippen LogP contribution in [-0.4, -0.2) is 67.1 Å². The zero-order valence-electron chi connectivity index (χ0n) is 16.1. The van der Waals surface area contributed by atoms with E-state index in [9.17, 15) is 9.90 Å². The van der Waals surface area contributed by atoms with Crippen LogP contribution >= 0.6 is 47.2 Å². The van der Waals surface area contributed by atoms with Crippen LogP contribution in [0.4, 0.5) is 4.79 Å². The van der Waals surface area contributed by atoms with Crippen molar-refractivity contribution in [2.24, 2.45) is 10.7 Å². The number of guanidine groups is 1. The first kappa shape index (κ1) is 25.9. The minimum atomic E-state index is -0.846. The smallest absolute Gasteiger partial charge is 0.409 e. The highest BCUT2D eigenvalue weighted by molar-refractivity contribution is 14.0. The van der Waals surface area contributed by atoms with Gasteiger partial charge in [-0.15, -0.1) is 24.0 Å². The predicted octanol–water partition coefficient (Wildman–Crippen LogP) is 2.88. The van der Waals surface area contributed by atoms with Crippen LogP contribution in [0.15, 0.2) is 23.2 Å². The summed E-state index contributed by atoms with van der Waals surface area (Å²) in [7, 11) is 0. The number of ether oxygens (including phenoxy) is 2. The lowest BCUT2D eigenvalue weighted by Crippen LogP contribution is -2.48. The second kappa shape index (κ2) is 13.2. The molecule has 0 aromatic heterocycles. The Morgan fingerprint density at radius 3 is 2.76 bits per heavy atom. The van der Waals surface area contributed by atoms with Crippen LogP contribution in [0.3, 0.4) is 0 Å². The van der Waals surface area contributed by atoms with Crippen LogP contribution in [0.1, 0.15) is 19.8 Å². The van der Waals surface area contributed by atoms with Crippen LogP contribution in [0.25, 0.3) is 0 Å². The van der Waals surface area contributed by atoms with Crippen molar-refractivity contribution in [3.8, 4) is 5.75 Å². The van der Waals surface area contributed by atoms with E-state index in [1.54, 1.807) is 30.0 Å². The van der Waals surface area contributed by atoms with Crippen LogP contribution in [-0.2, 0) is 4.74 Å². The fraction of sp³-hybridized carbons (Fsp3) is 0.556. The first-order valence-corrected chi connectivity index (χ1v) is 9.89. The molecule has 1 amide bonds. The summed E-state index contributed by atoms with van der Waals surface area (Å²) in [6.45, 7) is 3.44. The van der Waals surface area contributed by atoms with Gasteiger partial charge in [-0.2, -0.15) is 0 Å². The lowest BCUT2D eigenvalue weighted by molar-refractivity contribution is 0.0962. The normalized spacial score (nSPS) is 16.0. The molecule has 1 aromatic carbocycles. The molecule has 29 heavy (non-hydrogen) atoms. The Labute approximate surface area is 197 Å². The molecule has 1 fully saturated rings. The molecule has 1 unspecified atom stereocenters. The summed E-state index contributed by atoms with van der Waals surface area (Å²) < 4.78 is 10.5. The highest BCUT2D eigenvalue weighted by Crippen LogP contribution is 2.31. The van der Waals surface area contributed by atoms with Crippen molar-refractivity contribution < 1.29 is 19.4 Å². The molecule has 1 aromatic rings. The van der Waals surface area contributed by atoms with Crippen molar-refractivity contribution in [2.75, 3.05) is 32.8 Å². The Hall–Kier alpha value is -1.17. The number of benzene rings is 1. The first-order chi connectivity index (χ1) is 13.4. The molecule has 8 nitrogen and oxygen atoms in total. The Morgan fingerprint density at radius 1 is 1.41 bits per heavy atom. The topological polar surface area (TPSA) is 109 Å². The van der Waals surface area contributed by atoms with Gasteiger partial charge in [-0.1, -0.05) is 29.3 Å². The second-order valence-corrected chi connectivity index (χ2v) is 7.13. The average molecular weight is 561 g/mol. The van der Waals surface area contributed by atoms with E-state index in [4.69, 9.17) is 38.4 Å². The molecule has 0 spiro atoms. The summed E-state index contributed by atoms with van der Waals surface area (Å²) in [6, 6.07) is 5.15. The molecule has 1 saturated heterocycles. The van der Waals surface area contributed by atoms with Gasteiger partial charge in [0.25, 0.3) is 0 Å². The zero-order valence-corrected chi connectivity index (χ0v) is 20.0. The zero-order chi connectivity index (χ0) is 20.5. The summed E-state index contributed by atoms with van der Waals surface area (Å²) >= 11 is 11.9. The monoisotopic (exact) mass is 560 g/mol. The number of likely N-dealkylation sites (tertiary alicyclic amines) is 1. The molecule has 0 aliphatic carbocycles. The largest absolute Gasteiger partial charge is 0.489 e. The van der Waals surface area contributed by atoms with Gasteiger partial charge in [0.2, 0.25) is 0 Å².